The van der Waals surface area contributed by atoms with Gasteiger partial charge in [-0.15, -0.1) is 0 Å². The number of carboxylic acid groups (broad SMARTS) is 1. The van der Waals surface area contributed by atoms with Crippen LogP contribution in [-0.2, 0) is 4.79 Å². The van der Waals surface area contributed by atoms with E-state index in [-0.39, 0.29) is 6.04 Å². The standard InChI is InChI=1S/C16H26N2O2/c1-9(2)7-14(16(19)20)18-13(6)15-10(3)8-11(4)17-12(15)5/h8-9,13-14,18H,7H2,1-6H3,(H,19,20). The van der Waals surface area contributed by atoms with Gasteiger partial charge in [-0.25, -0.2) is 0 Å². The number of aromatic nitrogens is 1. The molecule has 0 saturated carbocycles. The quantitative estimate of drug-likeness (QED) is 0.839. The minimum atomic E-state index is -0.791. The zero-order chi connectivity index (χ0) is 15.4. The van der Waals surface area contributed by atoms with Crippen molar-refractivity contribution in [3.63, 3.8) is 0 Å². The minimum absolute atomic E-state index is 0.0250. The van der Waals surface area contributed by atoms with E-state index in [9.17, 15) is 9.90 Å². The highest BCUT2D eigenvalue weighted by Gasteiger charge is 2.23. The van der Waals surface area contributed by atoms with Gasteiger partial charge in [-0.1, -0.05) is 13.8 Å². The second-order valence-corrected chi connectivity index (χ2v) is 5.99. The van der Waals surface area contributed by atoms with Crippen molar-refractivity contribution in [2.24, 2.45) is 5.92 Å². The molecule has 0 aliphatic heterocycles. The van der Waals surface area contributed by atoms with Crippen LogP contribution in [0.5, 0.6) is 0 Å². The van der Waals surface area contributed by atoms with E-state index in [0.29, 0.717) is 12.3 Å². The van der Waals surface area contributed by atoms with Crippen LogP contribution in [0.15, 0.2) is 6.07 Å². The van der Waals surface area contributed by atoms with Gasteiger partial charge in [-0.05, 0) is 57.2 Å². The molecule has 112 valence electrons. The number of carboxylic acids is 1. The summed E-state index contributed by atoms with van der Waals surface area (Å²) in [6, 6.07) is 1.49. The van der Waals surface area contributed by atoms with Gasteiger partial charge < -0.3 is 5.11 Å². The Morgan fingerprint density at radius 3 is 2.35 bits per heavy atom. The van der Waals surface area contributed by atoms with Gasteiger partial charge in [-0.2, -0.15) is 0 Å². The molecule has 0 bridgehead atoms. The molecule has 20 heavy (non-hydrogen) atoms. The average molecular weight is 278 g/mol. The number of rotatable bonds is 6. The highest BCUT2D eigenvalue weighted by molar-refractivity contribution is 5.73. The van der Waals surface area contributed by atoms with Gasteiger partial charge in [0, 0.05) is 17.4 Å². The number of hydrogen-bond acceptors (Lipinski definition) is 3. The van der Waals surface area contributed by atoms with Gasteiger partial charge in [0.1, 0.15) is 6.04 Å². The third kappa shape index (κ3) is 4.30. The number of pyridine rings is 1. The lowest BCUT2D eigenvalue weighted by molar-refractivity contribution is -0.140. The molecular formula is C16H26N2O2. The largest absolute Gasteiger partial charge is 0.480 e. The summed E-state index contributed by atoms with van der Waals surface area (Å²) in [7, 11) is 0. The first kappa shape index (κ1) is 16.6. The fourth-order valence-electron chi connectivity index (χ4n) is 2.78. The molecule has 2 atom stereocenters. The summed E-state index contributed by atoms with van der Waals surface area (Å²) in [4.78, 5) is 15.8. The highest BCUT2D eigenvalue weighted by Crippen LogP contribution is 2.22. The van der Waals surface area contributed by atoms with E-state index >= 15 is 0 Å². The number of carbonyl (C=O) groups is 1. The lowest BCUT2D eigenvalue weighted by Gasteiger charge is -2.24. The maximum Gasteiger partial charge on any atom is 0.320 e. The molecule has 0 aromatic carbocycles. The molecule has 0 radical (unpaired) electrons. The molecule has 2 N–H and O–H groups in total. The Kier molecular flexibility index (Phi) is 5.69. The van der Waals surface area contributed by atoms with Crippen LogP contribution in [0.25, 0.3) is 0 Å². The summed E-state index contributed by atoms with van der Waals surface area (Å²) in [5.74, 6) is -0.449. The van der Waals surface area contributed by atoms with Crippen molar-refractivity contribution in [2.45, 2.75) is 60.0 Å². The van der Waals surface area contributed by atoms with Crippen molar-refractivity contribution in [1.82, 2.24) is 10.3 Å². The Labute approximate surface area is 121 Å². The fraction of sp³-hybridized carbons (Fsp3) is 0.625. The van der Waals surface area contributed by atoms with E-state index in [2.05, 4.69) is 10.3 Å². The molecule has 0 aliphatic carbocycles. The second-order valence-electron chi connectivity index (χ2n) is 5.99. The molecule has 0 spiro atoms. The maximum atomic E-state index is 11.3. The van der Waals surface area contributed by atoms with Crippen LogP contribution in [-0.4, -0.2) is 22.1 Å². The van der Waals surface area contributed by atoms with Crippen LogP contribution >= 0.6 is 0 Å². The number of aliphatic carboxylic acids is 1. The molecular weight excluding hydrogens is 252 g/mol. The molecule has 1 heterocycles. The van der Waals surface area contributed by atoms with Crippen LogP contribution < -0.4 is 5.32 Å². The summed E-state index contributed by atoms with van der Waals surface area (Å²) in [5, 5.41) is 12.5. The zero-order valence-corrected chi connectivity index (χ0v) is 13.3. The van der Waals surface area contributed by atoms with Crippen LogP contribution in [0.4, 0.5) is 0 Å². The molecule has 1 rings (SSSR count). The number of nitrogens with one attached hydrogen (secondary N) is 1. The lowest BCUT2D eigenvalue weighted by Crippen LogP contribution is -2.39. The Morgan fingerprint density at radius 1 is 1.30 bits per heavy atom. The predicted molar refractivity (Wildman–Crippen MR) is 80.9 cm³/mol. The normalized spacial score (nSPS) is 14.3. The summed E-state index contributed by atoms with van der Waals surface area (Å²) >= 11 is 0. The SMILES string of the molecule is Cc1cc(C)c(C(C)NC(CC(C)C)C(=O)O)c(C)n1. The molecule has 0 saturated heterocycles. The van der Waals surface area contributed by atoms with Crippen LogP contribution in [0.1, 0.15) is 55.7 Å². The van der Waals surface area contributed by atoms with Crippen molar-refractivity contribution < 1.29 is 9.90 Å². The Morgan fingerprint density at radius 2 is 1.90 bits per heavy atom. The van der Waals surface area contributed by atoms with Gasteiger partial charge in [0.05, 0.1) is 0 Å². The summed E-state index contributed by atoms with van der Waals surface area (Å²) in [5.41, 5.74) is 4.22. The van der Waals surface area contributed by atoms with E-state index in [1.807, 2.05) is 47.6 Å². The van der Waals surface area contributed by atoms with Gasteiger partial charge in [0.25, 0.3) is 0 Å². The van der Waals surface area contributed by atoms with Gasteiger partial charge >= 0.3 is 5.97 Å². The van der Waals surface area contributed by atoms with E-state index in [1.54, 1.807) is 0 Å². The Hall–Kier alpha value is -1.42. The number of nitrogens with zero attached hydrogens (tertiary/aromatic N) is 1. The molecule has 1 aromatic rings. The van der Waals surface area contributed by atoms with Gasteiger partial charge in [0.15, 0.2) is 0 Å². The van der Waals surface area contributed by atoms with Gasteiger partial charge in [-0.3, -0.25) is 15.1 Å². The second kappa shape index (κ2) is 6.84. The summed E-state index contributed by atoms with van der Waals surface area (Å²) in [6.07, 6.45) is 0.622. The van der Waals surface area contributed by atoms with E-state index in [1.165, 1.54) is 0 Å². The number of hydrogen-bond donors (Lipinski definition) is 2. The first-order valence-corrected chi connectivity index (χ1v) is 7.16. The zero-order valence-electron chi connectivity index (χ0n) is 13.3. The molecule has 0 fully saturated rings. The summed E-state index contributed by atoms with van der Waals surface area (Å²) in [6.45, 7) is 12.1. The predicted octanol–water partition coefficient (Wildman–Crippen LogP) is 3.16. The first-order valence-electron chi connectivity index (χ1n) is 7.16. The van der Waals surface area contributed by atoms with E-state index in [0.717, 1.165) is 22.5 Å². The Bertz CT molecular complexity index is 460. The number of aryl methyl sites for hydroxylation is 3. The van der Waals surface area contributed by atoms with Crippen LogP contribution in [0.2, 0.25) is 0 Å². The van der Waals surface area contributed by atoms with Crippen LogP contribution in [0.3, 0.4) is 0 Å². The molecule has 0 aliphatic rings. The maximum absolute atomic E-state index is 11.3. The van der Waals surface area contributed by atoms with Crippen LogP contribution in [0, 0.1) is 26.7 Å². The Balaban J connectivity index is 2.94. The van der Waals surface area contributed by atoms with Crippen molar-refractivity contribution in [2.75, 3.05) is 0 Å². The topological polar surface area (TPSA) is 62.2 Å². The van der Waals surface area contributed by atoms with E-state index < -0.39 is 12.0 Å². The molecule has 4 heteroatoms. The van der Waals surface area contributed by atoms with Crippen molar-refractivity contribution >= 4 is 5.97 Å². The molecule has 4 nitrogen and oxygen atoms in total. The van der Waals surface area contributed by atoms with E-state index in [4.69, 9.17) is 0 Å². The fourth-order valence-corrected chi connectivity index (χ4v) is 2.78. The first-order chi connectivity index (χ1) is 9.22. The van der Waals surface area contributed by atoms with Gasteiger partial charge in [0.2, 0.25) is 0 Å². The monoisotopic (exact) mass is 278 g/mol. The smallest absolute Gasteiger partial charge is 0.320 e. The third-order valence-electron chi connectivity index (χ3n) is 3.47. The minimum Gasteiger partial charge on any atom is -0.480 e. The average Bonchev–Trinajstić information content (AvgIpc) is 2.25. The highest BCUT2D eigenvalue weighted by atomic mass is 16.4. The molecule has 2 unspecified atom stereocenters. The molecule has 1 aromatic heterocycles. The summed E-state index contributed by atoms with van der Waals surface area (Å²) < 4.78 is 0. The third-order valence-corrected chi connectivity index (χ3v) is 3.47. The van der Waals surface area contributed by atoms with Crippen molar-refractivity contribution in [3.8, 4) is 0 Å². The van der Waals surface area contributed by atoms with Crippen molar-refractivity contribution in [1.29, 1.82) is 0 Å². The molecule has 0 amide bonds. The lowest BCUT2D eigenvalue weighted by atomic mass is 9.97. The van der Waals surface area contributed by atoms with Crippen molar-refractivity contribution in [3.05, 3.63) is 28.6 Å².